The second-order valence-corrected chi connectivity index (χ2v) is 6.58. The van der Waals surface area contributed by atoms with E-state index in [2.05, 4.69) is 9.69 Å². The Bertz CT molecular complexity index is 503. The highest BCUT2D eigenvalue weighted by Crippen LogP contribution is 2.48. The van der Waals surface area contributed by atoms with Crippen LogP contribution in [0.4, 0.5) is 10.8 Å². The Kier molecular flexibility index (Phi) is 3.83. The highest BCUT2D eigenvalue weighted by Gasteiger charge is 2.39. The van der Waals surface area contributed by atoms with Crippen LogP contribution in [0.2, 0.25) is 0 Å². The standard InChI is InChI=1S/C14H21N3O2S/c1-2-19-14(18)11-12(15)17-20-13(11)16-7-10-6-8-3-4-9(10)5-8/h8-10,16H,2-7H2,1H3,(H2,15,17). The third-order valence-corrected chi connectivity index (χ3v) is 5.43. The van der Waals surface area contributed by atoms with Crippen LogP contribution in [-0.4, -0.2) is 23.5 Å². The van der Waals surface area contributed by atoms with Crippen molar-refractivity contribution in [2.24, 2.45) is 17.8 Å². The summed E-state index contributed by atoms with van der Waals surface area (Å²) >= 11 is 1.25. The number of aromatic nitrogens is 1. The molecule has 0 amide bonds. The first kappa shape index (κ1) is 13.7. The molecule has 0 aromatic carbocycles. The van der Waals surface area contributed by atoms with Gasteiger partial charge in [-0.2, -0.15) is 4.37 Å². The number of hydrogen-bond acceptors (Lipinski definition) is 6. The van der Waals surface area contributed by atoms with Crippen LogP contribution < -0.4 is 11.1 Å². The molecule has 3 rings (SSSR count). The minimum atomic E-state index is -0.380. The Morgan fingerprint density at radius 2 is 2.35 bits per heavy atom. The number of carbonyl (C=O) groups excluding carboxylic acids is 1. The molecule has 3 N–H and O–H groups in total. The van der Waals surface area contributed by atoms with E-state index in [1.54, 1.807) is 6.92 Å². The normalized spacial score (nSPS) is 27.8. The lowest BCUT2D eigenvalue weighted by Gasteiger charge is -2.22. The van der Waals surface area contributed by atoms with Crippen molar-refractivity contribution >= 4 is 28.3 Å². The first-order valence-electron chi connectivity index (χ1n) is 7.35. The van der Waals surface area contributed by atoms with Gasteiger partial charge in [0, 0.05) is 6.54 Å². The van der Waals surface area contributed by atoms with E-state index in [0.29, 0.717) is 12.2 Å². The first-order valence-corrected chi connectivity index (χ1v) is 8.12. The van der Waals surface area contributed by atoms with E-state index in [0.717, 1.165) is 29.3 Å². The van der Waals surface area contributed by atoms with Gasteiger partial charge in [-0.3, -0.25) is 0 Å². The van der Waals surface area contributed by atoms with Crippen molar-refractivity contribution in [2.75, 3.05) is 24.2 Å². The fraction of sp³-hybridized carbons (Fsp3) is 0.714. The summed E-state index contributed by atoms with van der Waals surface area (Å²) in [6.45, 7) is 3.05. The van der Waals surface area contributed by atoms with Crippen LogP contribution in [0.5, 0.6) is 0 Å². The van der Waals surface area contributed by atoms with Crippen molar-refractivity contribution in [1.29, 1.82) is 0 Å². The molecule has 110 valence electrons. The van der Waals surface area contributed by atoms with E-state index in [4.69, 9.17) is 10.5 Å². The number of esters is 1. The maximum atomic E-state index is 11.9. The summed E-state index contributed by atoms with van der Waals surface area (Å²) in [6, 6.07) is 0. The number of hydrogen-bond donors (Lipinski definition) is 2. The molecule has 2 saturated carbocycles. The van der Waals surface area contributed by atoms with E-state index in [1.807, 2.05) is 0 Å². The zero-order valence-corrected chi connectivity index (χ0v) is 12.5. The van der Waals surface area contributed by atoms with Crippen molar-refractivity contribution in [2.45, 2.75) is 32.6 Å². The third kappa shape index (κ3) is 2.49. The van der Waals surface area contributed by atoms with Crippen LogP contribution in [-0.2, 0) is 4.74 Å². The summed E-state index contributed by atoms with van der Waals surface area (Å²) in [4.78, 5) is 11.9. The van der Waals surface area contributed by atoms with Gasteiger partial charge in [0.1, 0.15) is 10.6 Å². The molecule has 5 nitrogen and oxygen atoms in total. The topological polar surface area (TPSA) is 77.2 Å². The van der Waals surface area contributed by atoms with Crippen molar-refractivity contribution < 1.29 is 9.53 Å². The number of ether oxygens (including phenoxy) is 1. The predicted octanol–water partition coefficient (Wildman–Crippen LogP) is 2.75. The Morgan fingerprint density at radius 3 is 3.00 bits per heavy atom. The Balaban J connectivity index is 1.64. The quantitative estimate of drug-likeness (QED) is 0.817. The highest BCUT2D eigenvalue weighted by molar-refractivity contribution is 7.11. The zero-order chi connectivity index (χ0) is 14.1. The summed E-state index contributed by atoms with van der Waals surface area (Å²) in [5.74, 6) is 2.41. The number of nitrogens with one attached hydrogen (secondary N) is 1. The molecule has 2 fully saturated rings. The van der Waals surface area contributed by atoms with Crippen LogP contribution in [0, 0.1) is 17.8 Å². The summed E-state index contributed by atoms with van der Waals surface area (Å²) in [6.07, 6.45) is 5.48. The first-order chi connectivity index (χ1) is 9.69. The number of rotatable bonds is 5. The molecule has 0 saturated heterocycles. The number of fused-ring (bicyclic) bond motifs is 2. The Morgan fingerprint density at radius 1 is 1.50 bits per heavy atom. The van der Waals surface area contributed by atoms with Gasteiger partial charge in [0.15, 0.2) is 5.82 Å². The molecule has 0 radical (unpaired) electrons. The summed E-state index contributed by atoms with van der Waals surface area (Å²) in [5, 5.41) is 4.13. The molecule has 1 aromatic rings. The maximum absolute atomic E-state index is 11.9. The van der Waals surface area contributed by atoms with Gasteiger partial charge >= 0.3 is 5.97 Å². The van der Waals surface area contributed by atoms with Crippen LogP contribution in [0.3, 0.4) is 0 Å². The zero-order valence-electron chi connectivity index (χ0n) is 11.7. The van der Waals surface area contributed by atoms with E-state index in [-0.39, 0.29) is 11.8 Å². The average molecular weight is 295 g/mol. The molecule has 0 spiro atoms. The number of nitrogen functional groups attached to an aromatic ring is 1. The molecular formula is C14H21N3O2S. The molecule has 6 heteroatoms. The van der Waals surface area contributed by atoms with Crippen molar-refractivity contribution in [3.05, 3.63) is 5.56 Å². The summed E-state index contributed by atoms with van der Waals surface area (Å²) in [5.41, 5.74) is 6.18. The second kappa shape index (κ2) is 5.60. The molecule has 20 heavy (non-hydrogen) atoms. The van der Waals surface area contributed by atoms with E-state index >= 15 is 0 Å². The predicted molar refractivity (Wildman–Crippen MR) is 79.9 cm³/mol. The monoisotopic (exact) mass is 295 g/mol. The highest BCUT2D eigenvalue weighted by atomic mass is 32.1. The smallest absolute Gasteiger partial charge is 0.344 e. The second-order valence-electron chi connectivity index (χ2n) is 5.81. The van der Waals surface area contributed by atoms with Crippen LogP contribution in [0.15, 0.2) is 0 Å². The van der Waals surface area contributed by atoms with Gasteiger partial charge in [-0.1, -0.05) is 6.42 Å². The molecule has 2 aliphatic rings. The lowest BCUT2D eigenvalue weighted by molar-refractivity contribution is 0.0529. The minimum absolute atomic E-state index is 0.267. The van der Waals surface area contributed by atoms with Gasteiger partial charge in [0.2, 0.25) is 0 Å². The van der Waals surface area contributed by atoms with Gasteiger partial charge in [-0.25, -0.2) is 4.79 Å². The van der Waals surface area contributed by atoms with Gasteiger partial charge < -0.3 is 15.8 Å². The number of anilines is 2. The van der Waals surface area contributed by atoms with Crippen molar-refractivity contribution in [3.63, 3.8) is 0 Å². The third-order valence-electron chi connectivity index (χ3n) is 4.61. The van der Waals surface area contributed by atoms with Gasteiger partial charge in [-0.05, 0) is 55.5 Å². The average Bonchev–Trinajstić information content (AvgIpc) is 3.11. The largest absolute Gasteiger partial charge is 0.462 e. The van der Waals surface area contributed by atoms with Crippen LogP contribution >= 0.6 is 11.5 Å². The molecule has 2 aliphatic carbocycles. The maximum Gasteiger partial charge on any atom is 0.344 e. The molecule has 3 atom stereocenters. The molecule has 1 aromatic heterocycles. The summed E-state index contributed by atoms with van der Waals surface area (Å²) in [7, 11) is 0. The molecule has 0 aliphatic heterocycles. The molecule has 3 unspecified atom stereocenters. The minimum Gasteiger partial charge on any atom is -0.462 e. The van der Waals surface area contributed by atoms with Crippen LogP contribution in [0.25, 0.3) is 0 Å². The van der Waals surface area contributed by atoms with E-state index in [1.165, 1.54) is 37.2 Å². The Labute approximate surface area is 123 Å². The number of carbonyl (C=O) groups is 1. The summed E-state index contributed by atoms with van der Waals surface area (Å²) < 4.78 is 9.11. The van der Waals surface area contributed by atoms with Crippen molar-refractivity contribution in [1.82, 2.24) is 4.37 Å². The van der Waals surface area contributed by atoms with Crippen molar-refractivity contribution in [3.8, 4) is 0 Å². The lowest BCUT2D eigenvalue weighted by Crippen LogP contribution is -2.20. The van der Waals surface area contributed by atoms with Gasteiger partial charge in [0.05, 0.1) is 6.61 Å². The Hall–Kier alpha value is -1.30. The van der Waals surface area contributed by atoms with E-state index < -0.39 is 0 Å². The molecular weight excluding hydrogens is 274 g/mol. The van der Waals surface area contributed by atoms with Gasteiger partial charge in [0.25, 0.3) is 0 Å². The number of nitrogens with two attached hydrogens (primary N) is 1. The van der Waals surface area contributed by atoms with Gasteiger partial charge in [-0.15, -0.1) is 0 Å². The lowest BCUT2D eigenvalue weighted by atomic mass is 9.89. The fourth-order valence-corrected chi connectivity index (χ4v) is 4.38. The van der Waals surface area contributed by atoms with Crippen LogP contribution in [0.1, 0.15) is 43.0 Å². The van der Waals surface area contributed by atoms with E-state index in [9.17, 15) is 4.79 Å². The molecule has 1 heterocycles. The fourth-order valence-electron chi connectivity index (χ4n) is 3.67. The molecule has 2 bridgehead atoms. The SMILES string of the molecule is CCOC(=O)c1c(N)nsc1NCC1CC2CCC1C2. The number of nitrogens with zero attached hydrogens (tertiary/aromatic N) is 1.